The van der Waals surface area contributed by atoms with E-state index in [2.05, 4.69) is 15.3 Å². The van der Waals surface area contributed by atoms with Crippen LogP contribution in [0.5, 0.6) is 5.88 Å². The average molecular weight is 272 g/mol. The van der Waals surface area contributed by atoms with Crippen molar-refractivity contribution in [1.82, 2.24) is 9.97 Å². The molecule has 0 atom stereocenters. The van der Waals surface area contributed by atoms with Gasteiger partial charge in [-0.05, 0) is 25.1 Å². The molecule has 0 fully saturated rings. The van der Waals surface area contributed by atoms with Crippen molar-refractivity contribution in [3.8, 4) is 11.9 Å². The Bertz CT molecular complexity index is 639. The highest BCUT2D eigenvalue weighted by Crippen LogP contribution is 2.14. The maximum absolute atomic E-state index is 13.6. The first-order valence-electron chi connectivity index (χ1n) is 6.10. The fourth-order valence-corrected chi connectivity index (χ4v) is 1.63. The Balaban J connectivity index is 2.09. The van der Waals surface area contributed by atoms with Crippen molar-refractivity contribution in [2.24, 2.45) is 0 Å². The molecule has 20 heavy (non-hydrogen) atoms. The molecule has 0 amide bonds. The minimum absolute atomic E-state index is 0.226. The van der Waals surface area contributed by atoms with Crippen molar-refractivity contribution >= 4 is 5.82 Å². The molecule has 0 radical (unpaired) electrons. The van der Waals surface area contributed by atoms with E-state index in [1.165, 1.54) is 24.5 Å². The van der Waals surface area contributed by atoms with E-state index in [0.29, 0.717) is 29.4 Å². The molecule has 2 rings (SSSR count). The lowest BCUT2D eigenvalue weighted by Crippen LogP contribution is -2.05. The Morgan fingerprint density at radius 2 is 2.20 bits per heavy atom. The lowest BCUT2D eigenvalue weighted by atomic mass is 10.1. The van der Waals surface area contributed by atoms with Crippen LogP contribution in [0.3, 0.4) is 0 Å². The third kappa shape index (κ3) is 3.42. The predicted octanol–water partition coefficient (Wildman–Crippen LogP) is 2.50. The van der Waals surface area contributed by atoms with Gasteiger partial charge in [0.1, 0.15) is 18.0 Å². The number of nitrogens with one attached hydrogen (secondary N) is 1. The zero-order valence-electron chi connectivity index (χ0n) is 10.9. The molecule has 0 aliphatic heterocycles. The van der Waals surface area contributed by atoms with Crippen molar-refractivity contribution in [1.29, 1.82) is 5.26 Å². The third-order valence-corrected chi connectivity index (χ3v) is 2.57. The molecule has 1 heterocycles. The SMILES string of the molecule is CCOc1cc(NCc2cc(C#N)ccc2F)ncn1. The molecule has 0 saturated carbocycles. The molecule has 102 valence electrons. The van der Waals surface area contributed by atoms with Gasteiger partial charge in [0.25, 0.3) is 0 Å². The average Bonchev–Trinajstić information content (AvgIpc) is 2.47. The van der Waals surface area contributed by atoms with Gasteiger partial charge in [-0.15, -0.1) is 0 Å². The highest BCUT2D eigenvalue weighted by molar-refractivity contribution is 5.40. The second-order valence-electron chi connectivity index (χ2n) is 3.95. The molecule has 6 heteroatoms. The molecular weight excluding hydrogens is 259 g/mol. The van der Waals surface area contributed by atoms with Crippen LogP contribution >= 0.6 is 0 Å². The van der Waals surface area contributed by atoms with Gasteiger partial charge >= 0.3 is 0 Å². The van der Waals surface area contributed by atoms with Gasteiger partial charge in [0.05, 0.1) is 18.2 Å². The first-order valence-corrected chi connectivity index (χ1v) is 6.10. The van der Waals surface area contributed by atoms with Gasteiger partial charge in [0.15, 0.2) is 0 Å². The number of aromatic nitrogens is 2. The van der Waals surface area contributed by atoms with Gasteiger partial charge < -0.3 is 10.1 Å². The Hall–Kier alpha value is -2.68. The number of nitrogens with zero attached hydrogens (tertiary/aromatic N) is 3. The number of ether oxygens (including phenoxy) is 1. The quantitative estimate of drug-likeness (QED) is 0.905. The van der Waals surface area contributed by atoms with Crippen molar-refractivity contribution in [2.45, 2.75) is 13.5 Å². The summed E-state index contributed by atoms with van der Waals surface area (Å²) in [5.74, 6) is 0.622. The normalized spacial score (nSPS) is 9.85. The van der Waals surface area contributed by atoms with Crippen LogP contribution in [0.15, 0.2) is 30.6 Å². The Morgan fingerprint density at radius 1 is 1.35 bits per heavy atom. The van der Waals surface area contributed by atoms with Crippen LogP contribution in [0.25, 0.3) is 0 Å². The van der Waals surface area contributed by atoms with E-state index in [9.17, 15) is 4.39 Å². The first kappa shape index (κ1) is 13.7. The standard InChI is InChI=1S/C14H13FN4O/c1-2-20-14-6-13(18-9-19-14)17-8-11-5-10(7-16)3-4-12(11)15/h3-6,9H,2,8H2,1H3,(H,17,18,19). The molecule has 0 unspecified atom stereocenters. The summed E-state index contributed by atoms with van der Waals surface area (Å²) in [4.78, 5) is 7.96. The van der Waals surface area contributed by atoms with Crippen LogP contribution in [-0.4, -0.2) is 16.6 Å². The second-order valence-corrected chi connectivity index (χ2v) is 3.95. The predicted molar refractivity (Wildman–Crippen MR) is 71.6 cm³/mol. The Morgan fingerprint density at radius 3 is 2.95 bits per heavy atom. The number of anilines is 1. The summed E-state index contributed by atoms with van der Waals surface area (Å²) >= 11 is 0. The van der Waals surface area contributed by atoms with Crippen molar-refractivity contribution in [3.63, 3.8) is 0 Å². The highest BCUT2D eigenvalue weighted by Gasteiger charge is 2.05. The smallest absolute Gasteiger partial charge is 0.218 e. The number of nitriles is 1. The van der Waals surface area contributed by atoms with Crippen molar-refractivity contribution in [2.75, 3.05) is 11.9 Å². The molecule has 0 saturated heterocycles. The maximum Gasteiger partial charge on any atom is 0.218 e. The van der Waals surface area contributed by atoms with Gasteiger partial charge in [0.2, 0.25) is 5.88 Å². The van der Waals surface area contributed by atoms with Gasteiger partial charge in [-0.3, -0.25) is 0 Å². The molecule has 2 aromatic rings. The highest BCUT2D eigenvalue weighted by atomic mass is 19.1. The lowest BCUT2D eigenvalue weighted by Gasteiger charge is -2.08. The summed E-state index contributed by atoms with van der Waals surface area (Å²) < 4.78 is 18.9. The van der Waals surface area contributed by atoms with Gasteiger partial charge in [0, 0.05) is 18.2 Å². The van der Waals surface area contributed by atoms with Gasteiger partial charge in [-0.1, -0.05) is 0 Å². The summed E-state index contributed by atoms with van der Waals surface area (Å²) in [6, 6.07) is 7.84. The molecule has 1 N–H and O–H groups in total. The van der Waals surface area contributed by atoms with Gasteiger partial charge in [-0.2, -0.15) is 5.26 Å². The molecule has 0 spiro atoms. The Kier molecular flexibility index (Phi) is 4.45. The molecule has 5 nitrogen and oxygen atoms in total. The van der Waals surface area contributed by atoms with E-state index < -0.39 is 0 Å². The molecule has 0 aliphatic rings. The number of hydrogen-bond donors (Lipinski definition) is 1. The molecule has 0 bridgehead atoms. The first-order chi connectivity index (χ1) is 9.72. The molecule has 1 aromatic heterocycles. The summed E-state index contributed by atoms with van der Waals surface area (Å²) in [5, 5.41) is 11.8. The van der Waals surface area contributed by atoms with E-state index in [1.54, 1.807) is 6.07 Å². The molecule has 0 aliphatic carbocycles. The summed E-state index contributed by atoms with van der Waals surface area (Å²) in [7, 11) is 0. The van der Waals surface area contributed by atoms with E-state index in [4.69, 9.17) is 10.00 Å². The lowest BCUT2D eigenvalue weighted by molar-refractivity contribution is 0.326. The van der Waals surface area contributed by atoms with E-state index in [0.717, 1.165) is 0 Å². The van der Waals surface area contributed by atoms with Crippen LogP contribution in [-0.2, 0) is 6.54 Å². The van der Waals surface area contributed by atoms with Crippen LogP contribution in [0.2, 0.25) is 0 Å². The van der Waals surface area contributed by atoms with E-state index >= 15 is 0 Å². The molecular formula is C14H13FN4O. The zero-order valence-corrected chi connectivity index (χ0v) is 10.9. The number of hydrogen-bond acceptors (Lipinski definition) is 5. The summed E-state index contributed by atoms with van der Waals surface area (Å²) in [6.45, 7) is 2.59. The Labute approximate surface area is 116 Å². The van der Waals surface area contributed by atoms with Crippen molar-refractivity contribution in [3.05, 3.63) is 47.5 Å². The third-order valence-electron chi connectivity index (χ3n) is 2.57. The topological polar surface area (TPSA) is 70.8 Å². The van der Waals surface area contributed by atoms with Crippen LogP contribution in [0, 0.1) is 17.1 Å². The van der Waals surface area contributed by atoms with Crippen LogP contribution in [0.1, 0.15) is 18.1 Å². The number of halogens is 1. The van der Waals surface area contributed by atoms with E-state index in [-0.39, 0.29) is 12.4 Å². The maximum atomic E-state index is 13.6. The monoisotopic (exact) mass is 272 g/mol. The summed E-state index contributed by atoms with van der Waals surface area (Å²) in [5.41, 5.74) is 0.821. The summed E-state index contributed by atoms with van der Waals surface area (Å²) in [6.07, 6.45) is 1.37. The van der Waals surface area contributed by atoms with Gasteiger partial charge in [-0.25, -0.2) is 14.4 Å². The minimum atomic E-state index is -0.365. The van der Waals surface area contributed by atoms with E-state index in [1.807, 2.05) is 13.0 Å². The zero-order chi connectivity index (χ0) is 14.4. The second kappa shape index (κ2) is 6.48. The van der Waals surface area contributed by atoms with Crippen LogP contribution < -0.4 is 10.1 Å². The fourth-order valence-electron chi connectivity index (χ4n) is 1.63. The fraction of sp³-hybridized carbons (Fsp3) is 0.214. The number of rotatable bonds is 5. The van der Waals surface area contributed by atoms with Crippen LogP contribution in [0.4, 0.5) is 10.2 Å². The minimum Gasteiger partial charge on any atom is -0.478 e. The number of benzene rings is 1. The largest absolute Gasteiger partial charge is 0.478 e. The molecule has 1 aromatic carbocycles. The van der Waals surface area contributed by atoms with Crippen molar-refractivity contribution < 1.29 is 9.13 Å².